The van der Waals surface area contributed by atoms with Crippen molar-refractivity contribution in [1.82, 2.24) is 25.3 Å². The molecule has 0 atom stereocenters. The summed E-state index contributed by atoms with van der Waals surface area (Å²) in [5.74, 6) is 1.67. The number of guanidine groups is 1. The van der Waals surface area contributed by atoms with E-state index in [1.165, 1.54) is 11.1 Å². The second kappa shape index (κ2) is 14.5. The Labute approximate surface area is 214 Å². The van der Waals surface area contributed by atoms with Gasteiger partial charge in [0.25, 0.3) is 0 Å². The number of aromatic nitrogens is 2. The summed E-state index contributed by atoms with van der Waals surface area (Å²) in [6.07, 6.45) is 3.78. The molecule has 0 bridgehead atoms. The van der Waals surface area contributed by atoms with Crippen molar-refractivity contribution in [3.05, 3.63) is 83.7 Å². The fourth-order valence-corrected chi connectivity index (χ4v) is 3.22. The maximum atomic E-state index is 5.84. The van der Waals surface area contributed by atoms with Gasteiger partial charge in [-0.3, -0.25) is 4.68 Å². The number of nitrogens with one attached hydrogen (secondary N) is 2. The number of rotatable bonds is 11. The van der Waals surface area contributed by atoms with E-state index in [1.807, 2.05) is 43.2 Å². The van der Waals surface area contributed by atoms with E-state index in [2.05, 4.69) is 64.0 Å². The molecule has 0 amide bonds. The third kappa shape index (κ3) is 9.43. The topological polar surface area (TPSA) is 66.7 Å². The van der Waals surface area contributed by atoms with Crippen molar-refractivity contribution in [2.75, 3.05) is 33.8 Å². The summed E-state index contributed by atoms with van der Waals surface area (Å²) < 4.78 is 7.78. The van der Waals surface area contributed by atoms with Gasteiger partial charge in [0.15, 0.2) is 5.96 Å². The molecule has 0 saturated carbocycles. The van der Waals surface area contributed by atoms with E-state index in [0.717, 1.165) is 36.9 Å². The molecule has 0 aliphatic carbocycles. The number of hydrogen-bond donors (Lipinski definition) is 2. The van der Waals surface area contributed by atoms with E-state index in [-0.39, 0.29) is 24.0 Å². The number of ether oxygens (including phenoxy) is 1. The zero-order chi connectivity index (χ0) is 22.6. The lowest BCUT2D eigenvalue weighted by Crippen LogP contribution is -2.37. The van der Waals surface area contributed by atoms with Crippen LogP contribution in [0.3, 0.4) is 0 Å². The average Bonchev–Trinajstić information content (AvgIpc) is 3.30. The molecule has 0 radical (unpaired) electrons. The van der Waals surface area contributed by atoms with Crippen LogP contribution < -0.4 is 15.4 Å². The molecule has 1 aromatic heterocycles. The third-order valence-electron chi connectivity index (χ3n) is 4.93. The van der Waals surface area contributed by atoms with Crippen LogP contribution in [-0.2, 0) is 19.6 Å². The largest absolute Gasteiger partial charge is 0.492 e. The molecule has 178 valence electrons. The first-order valence-electron chi connectivity index (χ1n) is 11.1. The monoisotopic (exact) mass is 562 g/mol. The number of likely N-dealkylation sites (N-methyl/N-ethyl adjacent to an activating group) is 1. The lowest BCUT2D eigenvalue weighted by Gasteiger charge is -2.14. The molecule has 2 N–H and O–H groups in total. The Morgan fingerprint density at radius 1 is 1.06 bits per heavy atom. The van der Waals surface area contributed by atoms with Crippen LogP contribution in [0.2, 0.25) is 0 Å². The SMILES string of the molecule is CCNC(=NCc1cccc(OCCN(C)C)c1)NCc1ccccc1Cn1cccn1.I. The normalized spacial score (nSPS) is 11.2. The first-order chi connectivity index (χ1) is 15.6. The van der Waals surface area contributed by atoms with Crippen molar-refractivity contribution in [3.8, 4) is 5.75 Å². The number of hydrogen-bond acceptors (Lipinski definition) is 4. The molecular weight excluding hydrogens is 527 g/mol. The molecule has 3 aromatic rings. The maximum absolute atomic E-state index is 5.84. The van der Waals surface area contributed by atoms with Crippen LogP contribution >= 0.6 is 24.0 Å². The van der Waals surface area contributed by atoms with Gasteiger partial charge in [-0.15, -0.1) is 24.0 Å². The second-order valence-corrected chi connectivity index (χ2v) is 7.82. The molecule has 0 saturated heterocycles. The van der Waals surface area contributed by atoms with Gasteiger partial charge in [-0.05, 0) is 55.9 Å². The molecule has 0 unspecified atom stereocenters. The predicted octanol–water partition coefficient (Wildman–Crippen LogP) is 3.75. The molecule has 0 fully saturated rings. The molecule has 0 spiro atoms. The van der Waals surface area contributed by atoms with E-state index in [9.17, 15) is 0 Å². The summed E-state index contributed by atoms with van der Waals surface area (Å²) in [7, 11) is 4.08. The first-order valence-corrected chi connectivity index (χ1v) is 11.1. The lowest BCUT2D eigenvalue weighted by atomic mass is 10.1. The zero-order valence-electron chi connectivity index (χ0n) is 19.7. The second-order valence-electron chi connectivity index (χ2n) is 7.82. The van der Waals surface area contributed by atoms with Gasteiger partial charge in [-0.25, -0.2) is 4.99 Å². The van der Waals surface area contributed by atoms with Crippen LogP contribution in [-0.4, -0.2) is 54.4 Å². The van der Waals surface area contributed by atoms with Crippen molar-refractivity contribution in [1.29, 1.82) is 0 Å². The van der Waals surface area contributed by atoms with Crippen LogP contribution in [0.5, 0.6) is 5.75 Å². The summed E-state index contributed by atoms with van der Waals surface area (Å²) in [6, 6.07) is 18.5. The van der Waals surface area contributed by atoms with Crippen molar-refractivity contribution in [3.63, 3.8) is 0 Å². The van der Waals surface area contributed by atoms with Crippen LogP contribution in [0.25, 0.3) is 0 Å². The lowest BCUT2D eigenvalue weighted by molar-refractivity contribution is 0.261. The molecule has 0 aliphatic rings. The molecule has 2 aromatic carbocycles. The van der Waals surface area contributed by atoms with Gasteiger partial charge in [-0.2, -0.15) is 5.10 Å². The Kier molecular flexibility index (Phi) is 11.7. The molecule has 8 heteroatoms. The maximum Gasteiger partial charge on any atom is 0.191 e. The van der Waals surface area contributed by atoms with Crippen molar-refractivity contribution in [2.45, 2.75) is 26.6 Å². The molecule has 0 aliphatic heterocycles. The highest BCUT2D eigenvalue weighted by Gasteiger charge is 2.05. The van der Waals surface area contributed by atoms with Gasteiger partial charge in [0.05, 0.1) is 13.1 Å². The molecule has 7 nitrogen and oxygen atoms in total. The minimum Gasteiger partial charge on any atom is -0.492 e. The number of benzene rings is 2. The summed E-state index contributed by atoms with van der Waals surface area (Å²) >= 11 is 0. The van der Waals surface area contributed by atoms with Gasteiger partial charge < -0.3 is 20.3 Å². The van der Waals surface area contributed by atoms with E-state index in [0.29, 0.717) is 19.7 Å². The van der Waals surface area contributed by atoms with Crippen LogP contribution in [0.1, 0.15) is 23.6 Å². The standard InChI is InChI=1S/C25H34N6O.HI/c1-4-26-25(27-18-21-9-7-12-24(17-21)32-16-15-30(2)3)28-19-22-10-5-6-11-23(22)20-31-14-8-13-29-31;/h5-14,17H,4,15-16,18-20H2,1-3H3,(H2,26,27,28);1H. The molecular formula is C25H35IN6O. The number of halogens is 1. The minimum atomic E-state index is 0. The predicted molar refractivity (Wildman–Crippen MR) is 145 cm³/mol. The van der Waals surface area contributed by atoms with Crippen molar-refractivity contribution < 1.29 is 4.74 Å². The van der Waals surface area contributed by atoms with Crippen LogP contribution in [0, 0.1) is 0 Å². The smallest absolute Gasteiger partial charge is 0.191 e. The van der Waals surface area contributed by atoms with Gasteiger partial charge in [0.1, 0.15) is 12.4 Å². The van der Waals surface area contributed by atoms with Gasteiger partial charge in [0, 0.05) is 32.0 Å². The summed E-state index contributed by atoms with van der Waals surface area (Å²) in [4.78, 5) is 6.87. The molecule has 33 heavy (non-hydrogen) atoms. The summed E-state index contributed by atoms with van der Waals surface area (Å²) in [5.41, 5.74) is 3.58. The highest BCUT2D eigenvalue weighted by atomic mass is 127. The summed E-state index contributed by atoms with van der Waals surface area (Å²) in [5, 5.41) is 11.1. The van der Waals surface area contributed by atoms with Gasteiger partial charge >= 0.3 is 0 Å². The van der Waals surface area contributed by atoms with E-state index < -0.39 is 0 Å². The van der Waals surface area contributed by atoms with Crippen molar-refractivity contribution >= 4 is 29.9 Å². The average molecular weight is 563 g/mol. The Bertz CT molecular complexity index is 975. The van der Waals surface area contributed by atoms with Crippen LogP contribution in [0.4, 0.5) is 0 Å². The molecule has 3 rings (SSSR count). The quantitative estimate of drug-likeness (QED) is 0.212. The Morgan fingerprint density at radius 3 is 2.61 bits per heavy atom. The van der Waals surface area contributed by atoms with Gasteiger partial charge in [-0.1, -0.05) is 36.4 Å². The summed E-state index contributed by atoms with van der Waals surface area (Å²) in [6.45, 7) is 6.45. The fraction of sp³-hybridized carbons (Fsp3) is 0.360. The Hall–Kier alpha value is -2.59. The molecule has 1 heterocycles. The Balaban J connectivity index is 0.00000385. The highest BCUT2D eigenvalue weighted by molar-refractivity contribution is 14.0. The third-order valence-corrected chi connectivity index (χ3v) is 4.93. The number of nitrogens with zero attached hydrogens (tertiary/aromatic N) is 4. The van der Waals surface area contributed by atoms with E-state index >= 15 is 0 Å². The van der Waals surface area contributed by atoms with E-state index in [1.54, 1.807) is 6.20 Å². The number of aliphatic imine (C=N–C) groups is 1. The Morgan fingerprint density at radius 2 is 1.88 bits per heavy atom. The minimum absolute atomic E-state index is 0. The van der Waals surface area contributed by atoms with E-state index in [4.69, 9.17) is 9.73 Å². The van der Waals surface area contributed by atoms with Gasteiger partial charge in [0.2, 0.25) is 0 Å². The highest BCUT2D eigenvalue weighted by Crippen LogP contribution is 2.14. The fourth-order valence-electron chi connectivity index (χ4n) is 3.22. The zero-order valence-corrected chi connectivity index (χ0v) is 22.0. The van der Waals surface area contributed by atoms with Crippen molar-refractivity contribution in [2.24, 2.45) is 4.99 Å². The van der Waals surface area contributed by atoms with Crippen LogP contribution in [0.15, 0.2) is 72.0 Å². The first kappa shape index (κ1) is 26.7.